The normalized spacial score (nSPS) is 10.9. The third-order valence-electron chi connectivity index (χ3n) is 3.17. The van der Waals surface area contributed by atoms with E-state index in [1.807, 2.05) is 0 Å². The zero-order valence-electron chi connectivity index (χ0n) is 16.1. The van der Waals surface area contributed by atoms with Gasteiger partial charge in [-0.15, -0.1) is 0 Å². The highest BCUT2D eigenvalue weighted by molar-refractivity contribution is 5.77. The molecule has 0 unspecified atom stereocenters. The number of carbonyl (C=O) groups excluding carboxylic acids is 2. The molecule has 0 saturated heterocycles. The van der Waals surface area contributed by atoms with Gasteiger partial charge in [-0.1, -0.05) is 13.8 Å². The molecule has 0 fully saturated rings. The van der Waals surface area contributed by atoms with Crippen LogP contribution in [0.25, 0.3) is 0 Å². The van der Waals surface area contributed by atoms with Crippen LogP contribution in [-0.2, 0) is 28.5 Å². The Bertz CT molecular complexity index is 341. The lowest BCUT2D eigenvalue weighted by Gasteiger charge is -2.19. The zero-order chi connectivity index (χ0) is 18.9. The molecule has 8 nitrogen and oxygen atoms in total. The van der Waals surface area contributed by atoms with Gasteiger partial charge < -0.3 is 28.7 Å². The van der Waals surface area contributed by atoms with Gasteiger partial charge in [0.1, 0.15) is 6.61 Å². The second-order valence-corrected chi connectivity index (χ2v) is 6.14. The molecule has 25 heavy (non-hydrogen) atoms. The van der Waals surface area contributed by atoms with Crippen LogP contribution in [0.4, 0.5) is 0 Å². The highest BCUT2D eigenvalue weighted by atomic mass is 16.6. The van der Waals surface area contributed by atoms with Crippen LogP contribution in [0.1, 0.15) is 13.8 Å². The molecule has 0 aromatic carbocycles. The van der Waals surface area contributed by atoms with Gasteiger partial charge in [0, 0.05) is 27.2 Å². The second kappa shape index (κ2) is 16.3. The average Bonchev–Trinajstić information content (AvgIpc) is 2.57. The van der Waals surface area contributed by atoms with Crippen LogP contribution in [0, 0.1) is 5.92 Å². The van der Waals surface area contributed by atoms with E-state index in [-0.39, 0.29) is 12.5 Å². The van der Waals surface area contributed by atoms with Gasteiger partial charge in [-0.3, -0.25) is 9.59 Å². The monoisotopic (exact) mass is 362 g/mol. The SMILES string of the molecule is CC(C)CN(C)C(=O)COCCOCCOCCOCCN(C)C=O. The molecule has 148 valence electrons. The average molecular weight is 362 g/mol. The number of carbonyl (C=O) groups is 2. The van der Waals surface area contributed by atoms with Gasteiger partial charge in [0.05, 0.1) is 46.2 Å². The van der Waals surface area contributed by atoms with Crippen molar-refractivity contribution < 1.29 is 28.5 Å². The van der Waals surface area contributed by atoms with Crippen LogP contribution >= 0.6 is 0 Å². The van der Waals surface area contributed by atoms with E-state index in [1.165, 1.54) is 4.90 Å². The van der Waals surface area contributed by atoms with Crippen LogP contribution in [0.2, 0.25) is 0 Å². The molecule has 0 heterocycles. The molecule has 2 amide bonds. The molecule has 0 aromatic heterocycles. The van der Waals surface area contributed by atoms with Gasteiger partial charge in [-0.25, -0.2) is 0 Å². The molecular weight excluding hydrogens is 328 g/mol. The van der Waals surface area contributed by atoms with Crippen LogP contribution in [0.5, 0.6) is 0 Å². The Labute approximate surface area is 151 Å². The minimum absolute atomic E-state index is 0.0173. The van der Waals surface area contributed by atoms with E-state index >= 15 is 0 Å². The molecule has 0 aliphatic carbocycles. The summed E-state index contributed by atoms with van der Waals surface area (Å²) in [6, 6.07) is 0. The number of nitrogens with zero attached hydrogens (tertiary/aromatic N) is 2. The van der Waals surface area contributed by atoms with Crippen molar-refractivity contribution in [3.8, 4) is 0 Å². The molecule has 0 rings (SSSR count). The number of hydrogen-bond donors (Lipinski definition) is 0. The van der Waals surface area contributed by atoms with Crippen molar-refractivity contribution in [3.63, 3.8) is 0 Å². The fraction of sp³-hybridized carbons (Fsp3) is 0.882. The molecule has 0 bridgehead atoms. The highest BCUT2D eigenvalue weighted by Crippen LogP contribution is 1.96. The number of likely N-dealkylation sites (N-methyl/N-ethyl adjacent to an activating group) is 2. The first-order valence-corrected chi connectivity index (χ1v) is 8.67. The number of amides is 2. The van der Waals surface area contributed by atoms with Crippen LogP contribution in [0.3, 0.4) is 0 Å². The summed E-state index contributed by atoms with van der Waals surface area (Å²) < 4.78 is 21.3. The van der Waals surface area contributed by atoms with E-state index in [9.17, 15) is 9.59 Å². The van der Waals surface area contributed by atoms with Crippen molar-refractivity contribution in [2.24, 2.45) is 5.92 Å². The van der Waals surface area contributed by atoms with E-state index in [1.54, 1.807) is 19.0 Å². The summed E-state index contributed by atoms with van der Waals surface area (Å²) in [5.74, 6) is 0.428. The lowest BCUT2D eigenvalue weighted by Crippen LogP contribution is -2.33. The molecular formula is C17H34N2O6. The van der Waals surface area contributed by atoms with Crippen molar-refractivity contribution in [1.82, 2.24) is 9.80 Å². The second-order valence-electron chi connectivity index (χ2n) is 6.14. The molecule has 8 heteroatoms. The Kier molecular flexibility index (Phi) is 15.5. The van der Waals surface area contributed by atoms with Gasteiger partial charge in [-0.05, 0) is 5.92 Å². The van der Waals surface area contributed by atoms with Crippen LogP contribution in [-0.4, -0.2) is 102 Å². The Morgan fingerprint density at radius 1 is 0.880 bits per heavy atom. The van der Waals surface area contributed by atoms with Gasteiger partial charge >= 0.3 is 0 Å². The van der Waals surface area contributed by atoms with Crippen LogP contribution in [0.15, 0.2) is 0 Å². The fourth-order valence-corrected chi connectivity index (χ4v) is 1.84. The van der Waals surface area contributed by atoms with Crippen molar-refractivity contribution in [1.29, 1.82) is 0 Å². The first-order chi connectivity index (χ1) is 12.0. The number of hydrogen-bond acceptors (Lipinski definition) is 6. The molecule has 0 aliphatic heterocycles. The van der Waals surface area contributed by atoms with E-state index < -0.39 is 0 Å². The summed E-state index contributed by atoms with van der Waals surface area (Å²) in [6.45, 7) is 8.76. The van der Waals surface area contributed by atoms with Gasteiger partial charge in [0.15, 0.2) is 0 Å². The first-order valence-electron chi connectivity index (χ1n) is 8.67. The summed E-state index contributed by atoms with van der Waals surface area (Å²) in [6.07, 6.45) is 0.765. The van der Waals surface area contributed by atoms with Crippen LogP contribution < -0.4 is 0 Å². The molecule has 0 atom stereocenters. The van der Waals surface area contributed by atoms with E-state index in [0.717, 1.165) is 13.0 Å². The summed E-state index contributed by atoms with van der Waals surface area (Å²) >= 11 is 0. The molecule has 0 aliphatic rings. The molecule has 0 radical (unpaired) electrons. The smallest absolute Gasteiger partial charge is 0.248 e. The van der Waals surface area contributed by atoms with E-state index in [4.69, 9.17) is 18.9 Å². The lowest BCUT2D eigenvalue weighted by atomic mass is 10.2. The summed E-state index contributed by atoms with van der Waals surface area (Å²) in [5, 5.41) is 0. The van der Waals surface area contributed by atoms with Crippen molar-refractivity contribution in [3.05, 3.63) is 0 Å². The van der Waals surface area contributed by atoms with Gasteiger partial charge in [0.2, 0.25) is 12.3 Å². The largest absolute Gasteiger partial charge is 0.377 e. The Morgan fingerprint density at radius 2 is 1.36 bits per heavy atom. The van der Waals surface area contributed by atoms with Crippen molar-refractivity contribution in [2.45, 2.75) is 13.8 Å². The summed E-state index contributed by atoms with van der Waals surface area (Å²) in [7, 11) is 3.48. The van der Waals surface area contributed by atoms with Gasteiger partial charge in [-0.2, -0.15) is 0 Å². The maximum Gasteiger partial charge on any atom is 0.248 e. The molecule has 0 spiro atoms. The molecule has 0 aromatic rings. The minimum Gasteiger partial charge on any atom is -0.377 e. The van der Waals surface area contributed by atoms with E-state index in [2.05, 4.69) is 13.8 Å². The summed E-state index contributed by atoms with van der Waals surface area (Å²) in [4.78, 5) is 25.3. The third kappa shape index (κ3) is 16.0. The predicted octanol–water partition coefficient (Wildman–Crippen LogP) is 0.255. The Hall–Kier alpha value is -1.22. The van der Waals surface area contributed by atoms with E-state index in [0.29, 0.717) is 58.7 Å². The lowest BCUT2D eigenvalue weighted by molar-refractivity contribution is -0.135. The Balaban J connectivity index is 3.26. The number of ether oxygens (including phenoxy) is 4. The maximum absolute atomic E-state index is 11.7. The fourth-order valence-electron chi connectivity index (χ4n) is 1.84. The summed E-state index contributed by atoms with van der Waals surface area (Å²) in [5.41, 5.74) is 0. The Morgan fingerprint density at radius 3 is 1.84 bits per heavy atom. The zero-order valence-corrected chi connectivity index (χ0v) is 16.1. The number of rotatable bonds is 17. The third-order valence-corrected chi connectivity index (χ3v) is 3.17. The van der Waals surface area contributed by atoms with Gasteiger partial charge in [0.25, 0.3) is 0 Å². The topological polar surface area (TPSA) is 77.5 Å². The highest BCUT2D eigenvalue weighted by Gasteiger charge is 2.09. The standard InChI is InChI=1S/C17H34N2O6/c1-16(2)13-19(4)17(21)14-25-12-11-24-10-9-23-8-7-22-6-5-18(3)15-20/h15-16H,5-14H2,1-4H3. The molecule has 0 N–H and O–H groups in total. The quantitative estimate of drug-likeness (QED) is 0.273. The predicted molar refractivity (Wildman–Crippen MR) is 94.4 cm³/mol. The maximum atomic E-state index is 11.7. The minimum atomic E-state index is -0.0173. The van der Waals surface area contributed by atoms with Crippen molar-refractivity contribution >= 4 is 12.3 Å². The first kappa shape index (κ1) is 23.8. The van der Waals surface area contributed by atoms with Crippen molar-refractivity contribution in [2.75, 3.05) is 80.0 Å². The molecule has 0 saturated carbocycles.